The largest absolute Gasteiger partial charge is 0.497 e. The number of carbonyl (C=O) groups is 1. The van der Waals surface area contributed by atoms with Gasteiger partial charge in [0.15, 0.2) is 11.6 Å². The zero-order chi connectivity index (χ0) is 19.0. The van der Waals surface area contributed by atoms with Crippen molar-refractivity contribution in [2.24, 2.45) is 0 Å². The van der Waals surface area contributed by atoms with Gasteiger partial charge in [-0.3, -0.25) is 4.79 Å². The molecule has 0 fully saturated rings. The van der Waals surface area contributed by atoms with Crippen LogP contribution < -0.4 is 10.1 Å². The standard InChI is InChI=1S/C22H23N3O2/c1-14-7-12-18(15(2)13-14)23-22-21-19(5-4-6-20(21)26)25(24-22)16-8-10-17(27-3)11-9-16/h7-13H,4-6H2,1-3H3,(H,23,24). The number of ether oxygens (including phenoxy) is 1. The van der Waals surface area contributed by atoms with Crippen molar-refractivity contribution in [3.63, 3.8) is 0 Å². The van der Waals surface area contributed by atoms with Crippen LogP contribution in [0, 0.1) is 13.8 Å². The molecule has 0 spiro atoms. The number of fused-ring (bicyclic) bond motifs is 1. The van der Waals surface area contributed by atoms with Crippen LogP contribution in [0.4, 0.5) is 11.5 Å². The molecule has 5 heteroatoms. The summed E-state index contributed by atoms with van der Waals surface area (Å²) in [6.45, 7) is 4.13. The Morgan fingerprint density at radius 3 is 2.56 bits per heavy atom. The summed E-state index contributed by atoms with van der Waals surface area (Å²) in [5.41, 5.74) is 5.93. The first-order valence-corrected chi connectivity index (χ1v) is 9.20. The van der Waals surface area contributed by atoms with Crippen LogP contribution in [-0.2, 0) is 6.42 Å². The Kier molecular flexibility index (Phi) is 4.44. The quantitative estimate of drug-likeness (QED) is 0.728. The van der Waals surface area contributed by atoms with Gasteiger partial charge in [0.25, 0.3) is 0 Å². The number of hydrogen-bond acceptors (Lipinski definition) is 4. The van der Waals surface area contributed by atoms with E-state index >= 15 is 0 Å². The third-order valence-corrected chi connectivity index (χ3v) is 5.03. The second-order valence-electron chi connectivity index (χ2n) is 7.00. The summed E-state index contributed by atoms with van der Waals surface area (Å²) in [6.07, 6.45) is 2.27. The number of methoxy groups -OCH3 is 1. The highest BCUT2D eigenvalue weighted by molar-refractivity contribution is 6.03. The molecular weight excluding hydrogens is 338 g/mol. The molecule has 1 aromatic heterocycles. The van der Waals surface area contributed by atoms with Gasteiger partial charge < -0.3 is 10.1 Å². The molecule has 138 valence electrons. The highest BCUT2D eigenvalue weighted by Gasteiger charge is 2.28. The van der Waals surface area contributed by atoms with Gasteiger partial charge in [0.05, 0.1) is 24.1 Å². The Hall–Kier alpha value is -3.08. The van der Waals surface area contributed by atoms with E-state index in [1.807, 2.05) is 35.0 Å². The number of Topliss-reactive ketones (excluding diaryl/α,β-unsaturated/α-hetero) is 1. The van der Waals surface area contributed by atoms with E-state index in [4.69, 9.17) is 9.84 Å². The molecule has 0 saturated carbocycles. The predicted molar refractivity (Wildman–Crippen MR) is 107 cm³/mol. The van der Waals surface area contributed by atoms with Gasteiger partial charge in [-0.05, 0) is 62.6 Å². The van der Waals surface area contributed by atoms with Crippen LogP contribution in [0.2, 0.25) is 0 Å². The molecule has 0 radical (unpaired) electrons. The summed E-state index contributed by atoms with van der Waals surface area (Å²) >= 11 is 0. The zero-order valence-electron chi connectivity index (χ0n) is 15.9. The molecule has 0 aliphatic heterocycles. The van der Waals surface area contributed by atoms with E-state index in [0.717, 1.165) is 46.8 Å². The number of aromatic nitrogens is 2. The fraction of sp³-hybridized carbons (Fsp3) is 0.273. The summed E-state index contributed by atoms with van der Waals surface area (Å²) in [5.74, 6) is 1.59. The molecule has 0 atom stereocenters. The first-order valence-electron chi connectivity index (χ1n) is 9.20. The Morgan fingerprint density at radius 1 is 1.07 bits per heavy atom. The number of nitrogens with one attached hydrogen (secondary N) is 1. The highest BCUT2D eigenvalue weighted by Crippen LogP contribution is 2.32. The van der Waals surface area contributed by atoms with Crippen molar-refractivity contribution < 1.29 is 9.53 Å². The number of hydrogen-bond donors (Lipinski definition) is 1. The van der Waals surface area contributed by atoms with Crippen LogP contribution in [0.25, 0.3) is 5.69 Å². The summed E-state index contributed by atoms with van der Waals surface area (Å²) in [7, 11) is 1.65. The molecule has 4 rings (SSSR count). The van der Waals surface area contributed by atoms with Crippen molar-refractivity contribution in [3.8, 4) is 11.4 Å². The van der Waals surface area contributed by atoms with Crippen molar-refractivity contribution in [3.05, 3.63) is 64.8 Å². The van der Waals surface area contributed by atoms with E-state index in [0.29, 0.717) is 12.2 Å². The number of anilines is 2. The Morgan fingerprint density at radius 2 is 1.85 bits per heavy atom. The lowest BCUT2D eigenvalue weighted by Crippen LogP contribution is -2.13. The zero-order valence-corrected chi connectivity index (χ0v) is 15.9. The predicted octanol–water partition coefficient (Wildman–Crippen LogP) is 4.76. The molecule has 5 nitrogen and oxygen atoms in total. The fourth-order valence-corrected chi connectivity index (χ4v) is 3.62. The minimum atomic E-state index is 0.156. The number of benzene rings is 2. The third-order valence-electron chi connectivity index (χ3n) is 5.03. The first kappa shape index (κ1) is 17.3. The Labute approximate surface area is 159 Å². The van der Waals surface area contributed by atoms with E-state index in [9.17, 15) is 4.79 Å². The van der Waals surface area contributed by atoms with Gasteiger partial charge in [-0.25, -0.2) is 4.68 Å². The number of nitrogens with zero attached hydrogens (tertiary/aromatic N) is 2. The topological polar surface area (TPSA) is 56.1 Å². The SMILES string of the molecule is COc1ccc(-n2nc(Nc3ccc(C)cc3C)c3c2CCCC3=O)cc1. The summed E-state index contributed by atoms with van der Waals surface area (Å²) in [6, 6.07) is 14.0. The molecule has 2 aromatic carbocycles. The Balaban J connectivity index is 1.79. The second-order valence-corrected chi connectivity index (χ2v) is 7.00. The van der Waals surface area contributed by atoms with Gasteiger partial charge in [0.1, 0.15) is 5.75 Å². The van der Waals surface area contributed by atoms with E-state index in [2.05, 4.69) is 31.3 Å². The van der Waals surface area contributed by atoms with Gasteiger partial charge in [0.2, 0.25) is 0 Å². The molecule has 0 bridgehead atoms. The number of rotatable bonds is 4. The summed E-state index contributed by atoms with van der Waals surface area (Å²) in [5, 5.41) is 8.16. The smallest absolute Gasteiger partial charge is 0.168 e. The minimum absolute atomic E-state index is 0.156. The van der Waals surface area contributed by atoms with Crippen LogP contribution in [0.1, 0.15) is 40.0 Å². The van der Waals surface area contributed by atoms with E-state index in [1.54, 1.807) is 7.11 Å². The monoisotopic (exact) mass is 361 g/mol. The van der Waals surface area contributed by atoms with Gasteiger partial charge in [0, 0.05) is 12.1 Å². The van der Waals surface area contributed by atoms with Crippen molar-refractivity contribution in [1.82, 2.24) is 9.78 Å². The second kappa shape index (κ2) is 6.91. The molecule has 0 unspecified atom stereocenters. The summed E-state index contributed by atoms with van der Waals surface area (Å²) in [4.78, 5) is 12.7. The Bertz CT molecular complexity index is 1000. The van der Waals surface area contributed by atoms with Crippen LogP contribution in [-0.4, -0.2) is 22.7 Å². The average molecular weight is 361 g/mol. The first-order chi connectivity index (χ1) is 13.1. The molecule has 1 aliphatic carbocycles. The molecule has 0 amide bonds. The molecule has 27 heavy (non-hydrogen) atoms. The molecule has 1 heterocycles. The molecule has 1 N–H and O–H groups in total. The number of ketones is 1. The van der Waals surface area contributed by atoms with Gasteiger partial charge in [-0.15, -0.1) is 5.10 Å². The molecular formula is C22H23N3O2. The third kappa shape index (κ3) is 3.21. The van der Waals surface area contributed by atoms with Crippen LogP contribution in [0.5, 0.6) is 5.75 Å². The van der Waals surface area contributed by atoms with E-state index in [-0.39, 0.29) is 5.78 Å². The van der Waals surface area contributed by atoms with Gasteiger partial charge in [-0.2, -0.15) is 0 Å². The minimum Gasteiger partial charge on any atom is -0.497 e. The summed E-state index contributed by atoms with van der Waals surface area (Å²) < 4.78 is 7.13. The van der Waals surface area contributed by atoms with Crippen molar-refractivity contribution >= 4 is 17.3 Å². The fourth-order valence-electron chi connectivity index (χ4n) is 3.62. The maximum absolute atomic E-state index is 12.7. The average Bonchev–Trinajstić information content (AvgIpc) is 3.04. The maximum Gasteiger partial charge on any atom is 0.168 e. The van der Waals surface area contributed by atoms with Crippen molar-refractivity contribution in [2.75, 3.05) is 12.4 Å². The lowest BCUT2D eigenvalue weighted by atomic mass is 9.95. The van der Waals surface area contributed by atoms with E-state index < -0.39 is 0 Å². The van der Waals surface area contributed by atoms with Crippen LogP contribution in [0.15, 0.2) is 42.5 Å². The maximum atomic E-state index is 12.7. The van der Waals surface area contributed by atoms with Crippen molar-refractivity contribution in [1.29, 1.82) is 0 Å². The van der Waals surface area contributed by atoms with Crippen LogP contribution >= 0.6 is 0 Å². The molecule has 1 aliphatic rings. The van der Waals surface area contributed by atoms with Crippen LogP contribution in [0.3, 0.4) is 0 Å². The molecule has 3 aromatic rings. The number of carbonyl (C=O) groups excluding carboxylic acids is 1. The van der Waals surface area contributed by atoms with Crippen molar-refractivity contribution in [2.45, 2.75) is 33.1 Å². The van der Waals surface area contributed by atoms with E-state index in [1.165, 1.54) is 5.56 Å². The van der Waals surface area contributed by atoms with Gasteiger partial charge >= 0.3 is 0 Å². The van der Waals surface area contributed by atoms with Gasteiger partial charge in [-0.1, -0.05) is 17.7 Å². The number of aryl methyl sites for hydroxylation is 2. The lowest BCUT2D eigenvalue weighted by molar-refractivity contribution is 0.0973. The highest BCUT2D eigenvalue weighted by atomic mass is 16.5. The lowest BCUT2D eigenvalue weighted by Gasteiger charge is -2.14. The molecule has 0 saturated heterocycles. The normalized spacial score (nSPS) is 13.4.